The second-order valence-corrected chi connectivity index (χ2v) is 7.69. The number of hydrogen-bond acceptors (Lipinski definition) is 5. The summed E-state index contributed by atoms with van der Waals surface area (Å²) in [6.45, 7) is 4.33. The van der Waals surface area contributed by atoms with Crippen LogP contribution in [-0.4, -0.2) is 79.2 Å². The lowest BCUT2D eigenvalue weighted by atomic mass is 9.93. The molecule has 1 aromatic carbocycles. The number of likely N-dealkylation sites (tertiary alicyclic amines) is 2. The number of nitrogens with one attached hydrogen (secondary N) is 1. The van der Waals surface area contributed by atoms with Crippen molar-refractivity contribution in [2.75, 3.05) is 46.4 Å². The van der Waals surface area contributed by atoms with Crippen LogP contribution < -0.4 is 5.32 Å². The Bertz CT molecular complexity index is 673. The Morgan fingerprint density at radius 2 is 2.00 bits per heavy atom. The molecule has 2 amide bonds. The monoisotopic (exact) mass is 389 g/mol. The van der Waals surface area contributed by atoms with E-state index in [9.17, 15) is 14.7 Å². The Morgan fingerprint density at radius 3 is 2.71 bits per heavy atom. The maximum Gasteiger partial charge on any atom is 0.253 e. The van der Waals surface area contributed by atoms with Gasteiger partial charge in [-0.25, -0.2) is 0 Å². The average molecular weight is 389 g/mol. The van der Waals surface area contributed by atoms with Crippen LogP contribution in [0.15, 0.2) is 24.3 Å². The third kappa shape index (κ3) is 5.23. The summed E-state index contributed by atoms with van der Waals surface area (Å²) in [6, 6.07) is 6.95. The number of ether oxygens (including phenoxy) is 1. The van der Waals surface area contributed by atoms with Crippen molar-refractivity contribution < 1.29 is 19.4 Å². The van der Waals surface area contributed by atoms with E-state index in [2.05, 4.69) is 10.2 Å². The second-order valence-electron chi connectivity index (χ2n) is 7.69. The largest absolute Gasteiger partial charge is 0.508 e. The molecule has 0 aromatic heterocycles. The van der Waals surface area contributed by atoms with Gasteiger partial charge >= 0.3 is 0 Å². The van der Waals surface area contributed by atoms with Crippen molar-refractivity contribution >= 4 is 11.8 Å². The summed E-state index contributed by atoms with van der Waals surface area (Å²) >= 11 is 0. The number of benzene rings is 1. The first kappa shape index (κ1) is 20.6. The predicted molar refractivity (Wildman–Crippen MR) is 106 cm³/mol. The number of nitrogens with zero attached hydrogens (tertiary/aromatic N) is 2. The first-order chi connectivity index (χ1) is 13.6. The number of carbonyl (C=O) groups is 2. The highest BCUT2D eigenvalue weighted by Gasteiger charge is 2.32. The summed E-state index contributed by atoms with van der Waals surface area (Å²) in [7, 11) is 1.63. The number of rotatable bonds is 6. The van der Waals surface area contributed by atoms with Gasteiger partial charge in [0.2, 0.25) is 5.91 Å². The van der Waals surface area contributed by atoms with E-state index in [-0.39, 0.29) is 23.5 Å². The lowest BCUT2D eigenvalue weighted by Crippen LogP contribution is -2.51. The van der Waals surface area contributed by atoms with Crippen molar-refractivity contribution in [3.63, 3.8) is 0 Å². The molecule has 7 nitrogen and oxygen atoms in total. The van der Waals surface area contributed by atoms with E-state index >= 15 is 0 Å². The number of phenols is 1. The summed E-state index contributed by atoms with van der Waals surface area (Å²) in [4.78, 5) is 29.3. The highest BCUT2D eigenvalue weighted by atomic mass is 16.5. The Balaban J connectivity index is 1.49. The lowest BCUT2D eigenvalue weighted by Gasteiger charge is -2.42. The molecule has 2 saturated heterocycles. The zero-order valence-electron chi connectivity index (χ0n) is 16.6. The number of carbonyl (C=O) groups excluding carboxylic acids is 2. The summed E-state index contributed by atoms with van der Waals surface area (Å²) in [5.74, 6) is 0.253. The van der Waals surface area contributed by atoms with Gasteiger partial charge in [-0.1, -0.05) is 6.07 Å². The molecule has 2 aliphatic rings. The summed E-state index contributed by atoms with van der Waals surface area (Å²) in [5.41, 5.74) is 0.532. The fourth-order valence-electron chi connectivity index (χ4n) is 4.23. The molecule has 2 heterocycles. The number of piperidine rings is 2. The van der Waals surface area contributed by atoms with E-state index < -0.39 is 0 Å². The molecule has 154 valence electrons. The predicted octanol–water partition coefficient (Wildman–Crippen LogP) is 1.47. The topological polar surface area (TPSA) is 82.1 Å². The first-order valence-corrected chi connectivity index (χ1v) is 10.2. The van der Waals surface area contributed by atoms with Gasteiger partial charge in [0, 0.05) is 44.9 Å². The number of aromatic hydroxyl groups is 1. The smallest absolute Gasteiger partial charge is 0.253 e. The molecule has 2 aliphatic heterocycles. The quantitative estimate of drug-likeness (QED) is 0.720. The van der Waals surface area contributed by atoms with Gasteiger partial charge in [-0.15, -0.1) is 0 Å². The van der Waals surface area contributed by atoms with Crippen molar-refractivity contribution in [3.8, 4) is 5.75 Å². The standard InChI is InChI=1S/C21H31N3O4/c1-28-13-9-22-20(26)17-5-3-10-24(15-17)18-7-11-23(12-8-18)21(27)16-4-2-6-19(25)14-16/h2,4,6,14,17-18,25H,3,5,7-13,15H2,1H3,(H,22,26)/t17-/m0/s1. The molecule has 3 rings (SSSR count). The van der Waals surface area contributed by atoms with Crippen LogP contribution in [0.3, 0.4) is 0 Å². The third-order valence-electron chi connectivity index (χ3n) is 5.79. The molecule has 0 spiro atoms. The minimum absolute atomic E-state index is 0.0246. The van der Waals surface area contributed by atoms with Crippen LogP contribution in [-0.2, 0) is 9.53 Å². The maximum absolute atomic E-state index is 12.6. The van der Waals surface area contributed by atoms with Gasteiger partial charge in [0.05, 0.1) is 12.5 Å². The van der Waals surface area contributed by atoms with Gasteiger partial charge in [0.1, 0.15) is 5.75 Å². The summed E-state index contributed by atoms with van der Waals surface area (Å²) in [6.07, 6.45) is 3.81. The van der Waals surface area contributed by atoms with Crippen molar-refractivity contribution in [1.82, 2.24) is 15.1 Å². The van der Waals surface area contributed by atoms with Crippen molar-refractivity contribution in [2.24, 2.45) is 5.92 Å². The van der Waals surface area contributed by atoms with E-state index in [0.29, 0.717) is 37.8 Å². The summed E-state index contributed by atoms with van der Waals surface area (Å²) in [5, 5.41) is 12.6. The molecule has 2 N–H and O–H groups in total. The minimum atomic E-state index is -0.0246. The van der Waals surface area contributed by atoms with Gasteiger partial charge in [0.25, 0.3) is 5.91 Å². The molecule has 2 fully saturated rings. The van der Waals surface area contributed by atoms with Crippen LogP contribution in [0.5, 0.6) is 5.75 Å². The molecule has 7 heteroatoms. The summed E-state index contributed by atoms with van der Waals surface area (Å²) < 4.78 is 4.99. The zero-order valence-corrected chi connectivity index (χ0v) is 16.6. The van der Waals surface area contributed by atoms with Crippen LogP contribution in [0.1, 0.15) is 36.0 Å². The molecular formula is C21H31N3O4. The Hall–Kier alpha value is -2.12. The molecule has 1 aromatic rings. The third-order valence-corrected chi connectivity index (χ3v) is 5.79. The van der Waals surface area contributed by atoms with Crippen LogP contribution in [0.2, 0.25) is 0 Å². The first-order valence-electron chi connectivity index (χ1n) is 10.2. The van der Waals surface area contributed by atoms with Crippen LogP contribution in [0, 0.1) is 5.92 Å². The number of hydrogen-bond donors (Lipinski definition) is 2. The maximum atomic E-state index is 12.6. The van der Waals surface area contributed by atoms with E-state index in [1.807, 2.05) is 4.90 Å². The molecular weight excluding hydrogens is 358 g/mol. The Morgan fingerprint density at radius 1 is 1.21 bits per heavy atom. The van der Waals surface area contributed by atoms with E-state index in [0.717, 1.165) is 38.8 Å². The van der Waals surface area contributed by atoms with Crippen LogP contribution in [0.25, 0.3) is 0 Å². The normalized spacial score (nSPS) is 21.5. The number of amides is 2. The number of methoxy groups -OCH3 is 1. The van der Waals surface area contributed by atoms with Crippen molar-refractivity contribution in [1.29, 1.82) is 0 Å². The van der Waals surface area contributed by atoms with E-state index in [1.54, 1.807) is 25.3 Å². The fraction of sp³-hybridized carbons (Fsp3) is 0.619. The molecule has 28 heavy (non-hydrogen) atoms. The highest BCUT2D eigenvalue weighted by molar-refractivity contribution is 5.94. The SMILES string of the molecule is COCCNC(=O)[C@H]1CCCN(C2CCN(C(=O)c3cccc(O)c3)CC2)C1. The average Bonchev–Trinajstić information content (AvgIpc) is 2.73. The van der Waals surface area contributed by atoms with Gasteiger partial charge in [-0.3, -0.25) is 14.5 Å². The Kier molecular flexibility index (Phi) is 7.28. The van der Waals surface area contributed by atoms with E-state index in [1.165, 1.54) is 6.07 Å². The van der Waals surface area contributed by atoms with E-state index in [4.69, 9.17) is 4.74 Å². The van der Waals surface area contributed by atoms with Crippen molar-refractivity contribution in [2.45, 2.75) is 31.7 Å². The lowest BCUT2D eigenvalue weighted by molar-refractivity contribution is -0.127. The molecule has 0 saturated carbocycles. The molecule has 0 unspecified atom stereocenters. The number of phenolic OH excluding ortho intramolecular Hbond substituents is 1. The second kappa shape index (κ2) is 9.89. The molecule has 0 aliphatic carbocycles. The molecule has 0 bridgehead atoms. The van der Waals surface area contributed by atoms with Crippen LogP contribution in [0.4, 0.5) is 0 Å². The van der Waals surface area contributed by atoms with Gasteiger partial charge in [-0.2, -0.15) is 0 Å². The van der Waals surface area contributed by atoms with Crippen LogP contribution >= 0.6 is 0 Å². The fourth-order valence-corrected chi connectivity index (χ4v) is 4.23. The highest BCUT2D eigenvalue weighted by Crippen LogP contribution is 2.25. The zero-order chi connectivity index (χ0) is 19.9. The van der Waals surface area contributed by atoms with Gasteiger partial charge < -0.3 is 20.1 Å². The Labute approximate surface area is 166 Å². The van der Waals surface area contributed by atoms with Gasteiger partial charge in [-0.05, 0) is 50.4 Å². The molecule has 0 radical (unpaired) electrons. The minimum Gasteiger partial charge on any atom is -0.508 e. The molecule has 1 atom stereocenters. The van der Waals surface area contributed by atoms with Crippen molar-refractivity contribution in [3.05, 3.63) is 29.8 Å². The van der Waals surface area contributed by atoms with Gasteiger partial charge in [0.15, 0.2) is 0 Å².